The van der Waals surface area contributed by atoms with Crippen LogP contribution in [-0.2, 0) is 9.53 Å². The fourth-order valence-electron chi connectivity index (χ4n) is 2.65. The highest BCUT2D eigenvalue weighted by Gasteiger charge is 2.14. The molecule has 4 heteroatoms. The van der Waals surface area contributed by atoms with Crippen molar-refractivity contribution in [2.24, 2.45) is 0 Å². The van der Waals surface area contributed by atoms with Gasteiger partial charge in [-0.3, -0.25) is 0 Å². The quantitative estimate of drug-likeness (QED) is 0.0627. The van der Waals surface area contributed by atoms with Gasteiger partial charge in [-0.25, -0.2) is 4.79 Å². The zero-order valence-corrected chi connectivity index (χ0v) is 18.5. The van der Waals surface area contributed by atoms with Gasteiger partial charge in [0, 0.05) is 6.08 Å². The SMILES string of the molecule is C=CC(=O)OCCCCCCCCCCCCCC[Si](C)(C)I. The molecule has 0 rings (SSSR count). The molecule has 0 fully saturated rings. The number of esters is 1. The highest BCUT2D eigenvalue weighted by atomic mass is 127. The lowest BCUT2D eigenvalue weighted by Gasteiger charge is -2.12. The largest absolute Gasteiger partial charge is 0.463 e. The van der Waals surface area contributed by atoms with Gasteiger partial charge in [0.05, 0.1) is 6.61 Å². The van der Waals surface area contributed by atoms with Crippen LogP contribution in [0.2, 0.25) is 19.1 Å². The van der Waals surface area contributed by atoms with Gasteiger partial charge in [-0.2, -0.15) is 0 Å². The van der Waals surface area contributed by atoms with Crippen LogP contribution in [0.3, 0.4) is 0 Å². The molecule has 23 heavy (non-hydrogen) atoms. The number of rotatable bonds is 16. The Bertz CT molecular complexity index is 300. The summed E-state index contributed by atoms with van der Waals surface area (Å²) in [6, 6.07) is 1.49. The maximum Gasteiger partial charge on any atom is 0.330 e. The summed E-state index contributed by atoms with van der Waals surface area (Å²) in [5, 5.41) is 0. The Hall–Kier alpha value is 0.157. The van der Waals surface area contributed by atoms with Crippen LogP contribution in [0.25, 0.3) is 0 Å². The van der Waals surface area contributed by atoms with Crippen LogP contribution in [-0.4, -0.2) is 18.1 Å². The summed E-state index contributed by atoms with van der Waals surface area (Å²) in [6.07, 6.45) is 17.3. The van der Waals surface area contributed by atoms with E-state index in [1.54, 1.807) is 0 Å². The van der Waals surface area contributed by atoms with Crippen molar-refractivity contribution in [1.82, 2.24) is 0 Å². The van der Waals surface area contributed by atoms with Gasteiger partial charge < -0.3 is 4.74 Å². The van der Waals surface area contributed by atoms with Crippen LogP contribution in [0.5, 0.6) is 0 Å². The molecule has 0 amide bonds. The van der Waals surface area contributed by atoms with E-state index in [0.717, 1.165) is 6.42 Å². The number of carbonyl (C=O) groups is 1. The normalized spacial score (nSPS) is 11.4. The van der Waals surface area contributed by atoms with Gasteiger partial charge in [0.1, 0.15) is 5.57 Å². The predicted molar refractivity (Wildman–Crippen MR) is 113 cm³/mol. The lowest BCUT2D eigenvalue weighted by Crippen LogP contribution is -2.13. The summed E-state index contributed by atoms with van der Waals surface area (Å²) in [6.45, 7) is 8.84. The van der Waals surface area contributed by atoms with Gasteiger partial charge in [0.15, 0.2) is 0 Å². The zero-order chi connectivity index (χ0) is 17.4. The standard InChI is InChI=1S/C19H37IO2Si/c1-4-19(21)22-17-15-13-11-9-7-5-6-8-10-12-14-16-18-23(2,3)20/h4H,1,5-18H2,2-3H3. The second-order valence-electron chi connectivity index (χ2n) is 7.08. The van der Waals surface area contributed by atoms with Crippen molar-refractivity contribution in [3.8, 4) is 0 Å². The second kappa shape index (κ2) is 15.7. The molecule has 0 aliphatic carbocycles. The van der Waals surface area contributed by atoms with E-state index in [1.807, 2.05) is 0 Å². The monoisotopic (exact) mass is 452 g/mol. The molecule has 0 atom stereocenters. The molecule has 0 aliphatic rings. The van der Waals surface area contributed by atoms with E-state index < -0.39 is 5.57 Å². The van der Waals surface area contributed by atoms with Crippen LogP contribution in [0.4, 0.5) is 0 Å². The van der Waals surface area contributed by atoms with Crippen LogP contribution < -0.4 is 0 Å². The molecule has 0 spiro atoms. The average Bonchev–Trinajstić information content (AvgIpc) is 2.49. The van der Waals surface area contributed by atoms with Crippen molar-refractivity contribution in [1.29, 1.82) is 0 Å². The molecule has 0 aromatic heterocycles. The maximum atomic E-state index is 10.8. The topological polar surface area (TPSA) is 26.3 Å². The summed E-state index contributed by atoms with van der Waals surface area (Å²) in [7, 11) is 0. The minimum Gasteiger partial charge on any atom is -0.463 e. The van der Waals surface area contributed by atoms with Crippen LogP contribution in [0.1, 0.15) is 77.0 Å². The molecular weight excluding hydrogens is 415 g/mol. The van der Waals surface area contributed by atoms with Crippen LogP contribution in [0.15, 0.2) is 12.7 Å². The molecular formula is C19H37IO2Si. The molecule has 0 saturated heterocycles. The Balaban J connectivity index is 3.08. The van der Waals surface area contributed by atoms with Gasteiger partial charge in [-0.15, -0.1) is 21.8 Å². The first kappa shape index (κ1) is 23.2. The number of unbranched alkanes of at least 4 members (excludes halogenated alkanes) is 11. The van der Waals surface area contributed by atoms with E-state index >= 15 is 0 Å². The van der Waals surface area contributed by atoms with Crippen LogP contribution in [0, 0.1) is 0 Å². The van der Waals surface area contributed by atoms with Gasteiger partial charge in [-0.05, 0) is 12.5 Å². The van der Waals surface area contributed by atoms with Crippen molar-refractivity contribution < 1.29 is 9.53 Å². The number of ether oxygens (including phenoxy) is 1. The predicted octanol–water partition coefficient (Wildman–Crippen LogP) is 7.04. The van der Waals surface area contributed by atoms with Gasteiger partial charge in [-0.1, -0.05) is 90.3 Å². The zero-order valence-electron chi connectivity index (χ0n) is 15.4. The van der Waals surface area contributed by atoms with E-state index in [4.69, 9.17) is 4.74 Å². The van der Waals surface area contributed by atoms with Crippen molar-refractivity contribution in [2.45, 2.75) is 96.2 Å². The third-order valence-corrected chi connectivity index (χ3v) is 7.24. The molecule has 0 radical (unpaired) electrons. The van der Waals surface area contributed by atoms with E-state index in [9.17, 15) is 4.79 Å². The second-order valence-corrected chi connectivity index (χ2v) is 19.8. The van der Waals surface area contributed by atoms with Gasteiger partial charge >= 0.3 is 5.97 Å². The number of halogens is 1. The molecule has 0 unspecified atom stereocenters. The molecule has 0 N–H and O–H groups in total. The van der Waals surface area contributed by atoms with E-state index in [2.05, 4.69) is 41.5 Å². The molecule has 0 aromatic rings. The highest BCUT2D eigenvalue weighted by molar-refractivity contribution is 14.1. The fraction of sp³-hybridized carbons (Fsp3) is 0.842. The van der Waals surface area contributed by atoms with Gasteiger partial charge in [0.2, 0.25) is 0 Å². The Morgan fingerprint density at radius 1 is 0.870 bits per heavy atom. The molecule has 136 valence electrons. The smallest absolute Gasteiger partial charge is 0.330 e. The number of carbonyl (C=O) groups excluding carboxylic acids is 1. The third kappa shape index (κ3) is 20.1. The van der Waals surface area contributed by atoms with Gasteiger partial charge in [0.25, 0.3) is 0 Å². The summed E-state index contributed by atoms with van der Waals surface area (Å²) in [4.78, 5) is 10.8. The Kier molecular flexibility index (Phi) is 15.8. The summed E-state index contributed by atoms with van der Waals surface area (Å²) < 4.78 is 4.95. The van der Waals surface area contributed by atoms with Crippen molar-refractivity contribution >= 4 is 33.3 Å². The minimum atomic E-state index is -0.827. The summed E-state index contributed by atoms with van der Waals surface area (Å²) >= 11 is 2.69. The fourth-order valence-corrected chi connectivity index (χ4v) is 4.88. The van der Waals surface area contributed by atoms with Crippen molar-refractivity contribution in [2.75, 3.05) is 6.61 Å². The molecule has 0 heterocycles. The van der Waals surface area contributed by atoms with E-state index in [0.29, 0.717) is 6.61 Å². The highest BCUT2D eigenvalue weighted by Crippen LogP contribution is 2.21. The Labute approximate surface area is 158 Å². The first-order chi connectivity index (χ1) is 11.0. The van der Waals surface area contributed by atoms with Crippen molar-refractivity contribution in [3.63, 3.8) is 0 Å². The molecule has 0 aliphatic heterocycles. The molecule has 0 bridgehead atoms. The first-order valence-electron chi connectivity index (χ1n) is 9.44. The molecule has 0 saturated carbocycles. The Morgan fingerprint density at radius 3 is 1.65 bits per heavy atom. The minimum absolute atomic E-state index is 0.301. The molecule has 0 aromatic carbocycles. The van der Waals surface area contributed by atoms with Crippen molar-refractivity contribution in [3.05, 3.63) is 12.7 Å². The summed E-state index contributed by atoms with van der Waals surface area (Å²) in [5.74, 6) is -0.301. The average molecular weight is 452 g/mol. The molecule has 2 nitrogen and oxygen atoms in total. The van der Waals surface area contributed by atoms with E-state index in [1.165, 1.54) is 82.7 Å². The lowest BCUT2D eigenvalue weighted by molar-refractivity contribution is -0.137. The van der Waals surface area contributed by atoms with Crippen LogP contribution >= 0.6 is 21.8 Å². The van der Waals surface area contributed by atoms with E-state index in [-0.39, 0.29) is 5.97 Å². The third-order valence-electron chi connectivity index (χ3n) is 4.08. The lowest BCUT2D eigenvalue weighted by atomic mass is 10.1. The number of hydrogen-bond acceptors (Lipinski definition) is 2. The number of hydrogen-bond donors (Lipinski definition) is 0. The first-order valence-corrected chi connectivity index (χ1v) is 15.8. The maximum absolute atomic E-state index is 10.8. The Morgan fingerprint density at radius 2 is 1.26 bits per heavy atom. The summed E-state index contributed by atoms with van der Waals surface area (Å²) in [5.41, 5.74) is -0.827.